The molecule has 178 valence electrons. The molecule has 34 heavy (non-hydrogen) atoms. The number of hydrogen-bond donors (Lipinski definition) is 3. The van der Waals surface area contributed by atoms with E-state index in [1.165, 1.54) is 5.39 Å². The van der Waals surface area contributed by atoms with Crippen LogP contribution in [-0.4, -0.2) is 48.5 Å². The molecule has 4 rings (SSSR count). The number of benzene rings is 2. The predicted octanol–water partition coefficient (Wildman–Crippen LogP) is 3.35. The van der Waals surface area contributed by atoms with Gasteiger partial charge in [0.2, 0.25) is 5.91 Å². The Morgan fingerprint density at radius 1 is 1.06 bits per heavy atom. The summed E-state index contributed by atoms with van der Waals surface area (Å²) in [5.41, 5.74) is 2.05. The standard InChI is InChI=1S/C27H33N5O2/c1-17(2)24(31-26(33)18(3)28-4)27(34)32-23(15-21-10-7-13-29-25(21)32)16-30-22-12-11-19-8-5-6-9-20(19)14-22/h5-14,17-18,23-24,28,30H,15-16H2,1-4H3,(H,31,33)/t18-,23-,24-/m0/s1. The Morgan fingerprint density at radius 2 is 1.82 bits per heavy atom. The number of aromatic nitrogens is 1. The lowest BCUT2D eigenvalue weighted by Gasteiger charge is -2.31. The van der Waals surface area contributed by atoms with E-state index in [1.807, 2.05) is 38.1 Å². The van der Waals surface area contributed by atoms with Crippen LogP contribution in [0, 0.1) is 5.92 Å². The van der Waals surface area contributed by atoms with Gasteiger partial charge in [0, 0.05) is 18.4 Å². The smallest absolute Gasteiger partial charge is 0.251 e. The Labute approximate surface area is 200 Å². The van der Waals surface area contributed by atoms with Crippen molar-refractivity contribution in [3.63, 3.8) is 0 Å². The molecule has 0 bridgehead atoms. The first-order chi connectivity index (χ1) is 16.4. The molecule has 7 heteroatoms. The normalized spacial score (nSPS) is 16.9. The zero-order chi connectivity index (χ0) is 24.2. The first-order valence-electron chi connectivity index (χ1n) is 11.9. The second kappa shape index (κ2) is 10.2. The molecule has 1 aliphatic rings. The van der Waals surface area contributed by atoms with Gasteiger partial charge in [0.05, 0.1) is 12.1 Å². The Kier molecular flexibility index (Phi) is 7.12. The molecular formula is C27H33N5O2. The third kappa shape index (κ3) is 4.89. The van der Waals surface area contributed by atoms with Crippen LogP contribution in [0.15, 0.2) is 60.8 Å². The second-order valence-electron chi connectivity index (χ2n) is 9.24. The highest BCUT2D eigenvalue weighted by atomic mass is 16.2. The number of amides is 2. The molecule has 0 saturated carbocycles. The molecule has 1 aliphatic heterocycles. The van der Waals surface area contributed by atoms with Crippen LogP contribution in [0.25, 0.3) is 10.8 Å². The fourth-order valence-corrected chi connectivity index (χ4v) is 4.38. The largest absolute Gasteiger partial charge is 0.383 e. The van der Waals surface area contributed by atoms with Gasteiger partial charge in [0.1, 0.15) is 11.9 Å². The highest BCUT2D eigenvalue weighted by Gasteiger charge is 2.39. The number of nitrogens with zero attached hydrogens (tertiary/aromatic N) is 2. The van der Waals surface area contributed by atoms with Crippen LogP contribution < -0.4 is 20.9 Å². The van der Waals surface area contributed by atoms with Gasteiger partial charge in [-0.1, -0.05) is 50.2 Å². The average molecular weight is 460 g/mol. The monoisotopic (exact) mass is 459 g/mol. The topological polar surface area (TPSA) is 86.4 Å². The van der Waals surface area contributed by atoms with Crippen LogP contribution in [0.1, 0.15) is 26.3 Å². The van der Waals surface area contributed by atoms with Crippen LogP contribution in [0.5, 0.6) is 0 Å². The van der Waals surface area contributed by atoms with Gasteiger partial charge in [-0.25, -0.2) is 4.98 Å². The number of carbonyl (C=O) groups excluding carboxylic acids is 2. The molecule has 2 heterocycles. The molecule has 3 atom stereocenters. The van der Waals surface area contributed by atoms with E-state index in [1.54, 1.807) is 25.1 Å². The van der Waals surface area contributed by atoms with Crippen LogP contribution in [0.2, 0.25) is 0 Å². The van der Waals surface area contributed by atoms with Crippen molar-refractivity contribution in [2.24, 2.45) is 5.92 Å². The molecule has 3 N–H and O–H groups in total. The quantitative estimate of drug-likeness (QED) is 0.481. The second-order valence-corrected chi connectivity index (χ2v) is 9.24. The number of pyridine rings is 1. The zero-order valence-corrected chi connectivity index (χ0v) is 20.2. The summed E-state index contributed by atoms with van der Waals surface area (Å²) in [6, 6.07) is 17.3. The molecule has 0 unspecified atom stereocenters. The SMILES string of the molecule is CN[C@@H](C)C(=O)N[C@H](C(=O)N1c2ncccc2C[C@H]1CNc1ccc2ccccc2c1)C(C)C. The summed E-state index contributed by atoms with van der Waals surface area (Å²) < 4.78 is 0. The summed E-state index contributed by atoms with van der Waals surface area (Å²) in [7, 11) is 1.73. The fourth-order valence-electron chi connectivity index (χ4n) is 4.38. The first kappa shape index (κ1) is 23.7. The first-order valence-corrected chi connectivity index (χ1v) is 11.9. The predicted molar refractivity (Wildman–Crippen MR) is 137 cm³/mol. The van der Waals surface area contributed by atoms with Crippen molar-refractivity contribution in [3.8, 4) is 0 Å². The van der Waals surface area contributed by atoms with E-state index in [4.69, 9.17) is 0 Å². The third-order valence-electron chi connectivity index (χ3n) is 6.50. The number of nitrogens with one attached hydrogen (secondary N) is 3. The van der Waals surface area contributed by atoms with Crippen molar-refractivity contribution in [1.82, 2.24) is 15.6 Å². The van der Waals surface area contributed by atoms with Crippen molar-refractivity contribution in [2.45, 2.75) is 45.3 Å². The minimum absolute atomic E-state index is 0.0673. The van der Waals surface area contributed by atoms with Gasteiger partial charge >= 0.3 is 0 Å². The maximum Gasteiger partial charge on any atom is 0.251 e. The number of likely N-dealkylation sites (N-methyl/N-ethyl adjacent to an activating group) is 1. The van der Waals surface area contributed by atoms with E-state index in [-0.39, 0.29) is 29.8 Å². The summed E-state index contributed by atoms with van der Waals surface area (Å²) in [5.74, 6) is 0.289. The van der Waals surface area contributed by atoms with E-state index in [2.05, 4.69) is 51.3 Å². The molecule has 0 aliphatic carbocycles. The molecule has 0 saturated heterocycles. The van der Waals surface area contributed by atoms with Gasteiger partial charge < -0.3 is 16.0 Å². The fraction of sp³-hybridized carbons (Fsp3) is 0.370. The van der Waals surface area contributed by atoms with Crippen molar-refractivity contribution < 1.29 is 9.59 Å². The Bertz CT molecular complexity index is 1180. The lowest BCUT2D eigenvalue weighted by Crippen LogP contribution is -2.57. The van der Waals surface area contributed by atoms with Gasteiger partial charge in [-0.3, -0.25) is 14.5 Å². The molecule has 1 aromatic heterocycles. The Hall–Kier alpha value is -3.45. The molecule has 0 radical (unpaired) electrons. The summed E-state index contributed by atoms with van der Waals surface area (Å²) in [6.07, 6.45) is 2.42. The summed E-state index contributed by atoms with van der Waals surface area (Å²) >= 11 is 0. The molecule has 7 nitrogen and oxygen atoms in total. The van der Waals surface area contributed by atoms with Gasteiger partial charge in [0.15, 0.2) is 0 Å². The Morgan fingerprint density at radius 3 is 2.56 bits per heavy atom. The van der Waals surface area contributed by atoms with Gasteiger partial charge in [-0.15, -0.1) is 0 Å². The number of anilines is 2. The lowest BCUT2D eigenvalue weighted by atomic mass is 10.0. The van der Waals surface area contributed by atoms with Crippen molar-refractivity contribution in [1.29, 1.82) is 0 Å². The summed E-state index contributed by atoms with van der Waals surface area (Å²) in [6.45, 7) is 6.25. The van der Waals surface area contributed by atoms with Crippen LogP contribution >= 0.6 is 0 Å². The average Bonchev–Trinajstić information content (AvgIpc) is 3.23. The highest BCUT2D eigenvalue weighted by molar-refractivity contribution is 6.01. The zero-order valence-electron chi connectivity index (χ0n) is 20.2. The Balaban J connectivity index is 1.56. The molecular weight excluding hydrogens is 426 g/mol. The van der Waals surface area contributed by atoms with Crippen molar-refractivity contribution in [2.75, 3.05) is 23.8 Å². The van der Waals surface area contributed by atoms with E-state index in [9.17, 15) is 9.59 Å². The van der Waals surface area contributed by atoms with E-state index in [0.29, 0.717) is 18.8 Å². The van der Waals surface area contributed by atoms with Crippen molar-refractivity contribution >= 4 is 34.1 Å². The lowest BCUT2D eigenvalue weighted by molar-refractivity contribution is -0.129. The number of fused-ring (bicyclic) bond motifs is 2. The van der Waals surface area contributed by atoms with Gasteiger partial charge in [-0.2, -0.15) is 0 Å². The number of carbonyl (C=O) groups is 2. The minimum Gasteiger partial charge on any atom is -0.383 e. The maximum atomic E-state index is 13.8. The molecule has 2 aromatic carbocycles. The molecule has 3 aromatic rings. The van der Waals surface area contributed by atoms with Gasteiger partial charge in [-0.05, 0) is 60.8 Å². The molecule has 0 spiro atoms. The number of hydrogen-bond acceptors (Lipinski definition) is 5. The summed E-state index contributed by atoms with van der Waals surface area (Å²) in [5, 5.41) is 11.8. The molecule has 2 amide bonds. The van der Waals surface area contributed by atoms with E-state index in [0.717, 1.165) is 16.6 Å². The number of rotatable bonds is 8. The summed E-state index contributed by atoms with van der Waals surface area (Å²) in [4.78, 5) is 32.7. The maximum absolute atomic E-state index is 13.8. The minimum atomic E-state index is -0.639. The van der Waals surface area contributed by atoms with Crippen LogP contribution in [0.3, 0.4) is 0 Å². The third-order valence-corrected chi connectivity index (χ3v) is 6.50. The van der Waals surface area contributed by atoms with Crippen molar-refractivity contribution in [3.05, 3.63) is 66.4 Å². The molecule has 0 fully saturated rings. The highest BCUT2D eigenvalue weighted by Crippen LogP contribution is 2.31. The van der Waals surface area contributed by atoms with Gasteiger partial charge in [0.25, 0.3) is 5.91 Å². The van der Waals surface area contributed by atoms with E-state index >= 15 is 0 Å². The van der Waals surface area contributed by atoms with Crippen LogP contribution in [-0.2, 0) is 16.0 Å². The van der Waals surface area contributed by atoms with E-state index < -0.39 is 6.04 Å². The van der Waals surface area contributed by atoms with Crippen LogP contribution in [0.4, 0.5) is 11.5 Å².